The number of fused-ring (bicyclic) bond motifs is 1. The number of aryl methyl sites for hydroxylation is 1. The molecule has 19 heavy (non-hydrogen) atoms. The minimum Gasteiger partial charge on any atom is -0.295 e. The van der Waals surface area contributed by atoms with Crippen molar-refractivity contribution in [2.75, 3.05) is 13.6 Å². The van der Waals surface area contributed by atoms with Crippen LogP contribution >= 0.6 is 11.6 Å². The minimum atomic E-state index is 0.349. The molecular weight excluding hydrogens is 254 g/mol. The minimum absolute atomic E-state index is 0.349. The van der Waals surface area contributed by atoms with Gasteiger partial charge in [0.05, 0.1) is 6.04 Å². The van der Waals surface area contributed by atoms with Crippen molar-refractivity contribution in [1.82, 2.24) is 4.90 Å². The van der Waals surface area contributed by atoms with Crippen LogP contribution in [-0.2, 0) is 6.42 Å². The van der Waals surface area contributed by atoms with Crippen LogP contribution in [0.25, 0.3) is 0 Å². The van der Waals surface area contributed by atoms with E-state index in [-0.39, 0.29) is 0 Å². The van der Waals surface area contributed by atoms with Gasteiger partial charge in [-0.25, -0.2) is 0 Å². The lowest BCUT2D eigenvalue weighted by Gasteiger charge is -2.36. The highest BCUT2D eigenvalue weighted by Crippen LogP contribution is 2.36. The third-order valence-corrected chi connectivity index (χ3v) is 4.30. The molecule has 1 nitrogen and oxygen atoms in total. The van der Waals surface area contributed by atoms with Crippen molar-refractivity contribution in [3.8, 4) is 0 Å². The Kier molecular flexibility index (Phi) is 3.34. The first-order valence-corrected chi connectivity index (χ1v) is 7.08. The molecule has 3 rings (SSSR count). The van der Waals surface area contributed by atoms with Gasteiger partial charge >= 0.3 is 0 Å². The Balaban J connectivity index is 2.13. The van der Waals surface area contributed by atoms with Gasteiger partial charge in [-0.2, -0.15) is 0 Å². The molecule has 0 fully saturated rings. The molecule has 0 aromatic heterocycles. The van der Waals surface area contributed by atoms with E-state index >= 15 is 0 Å². The molecule has 2 aromatic carbocycles. The van der Waals surface area contributed by atoms with Crippen molar-refractivity contribution in [2.24, 2.45) is 0 Å². The maximum absolute atomic E-state index is 6.00. The van der Waals surface area contributed by atoms with Crippen molar-refractivity contribution in [2.45, 2.75) is 19.4 Å². The molecule has 0 aliphatic carbocycles. The second-order valence-electron chi connectivity index (χ2n) is 5.33. The van der Waals surface area contributed by atoms with Crippen molar-refractivity contribution < 1.29 is 0 Å². The number of rotatable bonds is 1. The molecule has 0 radical (unpaired) electrons. The quantitative estimate of drug-likeness (QED) is 0.750. The monoisotopic (exact) mass is 271 g/mol. The second kappa shape index (κ2) is 4.99. The normalized spacial score (nSPS) is 19.2. The molecule has 1 heterocycles. The van der Waals surface area contributed by atoms with E-state index in [0.717, 1.165) is 18.0 Å². The van der Waals surface area contributed by atoms with Crippen molar-refractivity contribution in [3.63, 3.8) is 0 Å². The second-order valence-corrected chi connectivity index (χ2v) is 5.77. The van der Waals surface area contributed by atoms with Crippen molar-refractivity contribution in [1.29, 1.82) is 0 Å². The molecule has 0 spiro atoms. The molecule has 1 atom stereocenters. The van der Waals surface area contributed by atoms with E-state index in [9.17, 15) is 0 Å². The summed E-state index contributed by atoms with van der Waals surface area (Å²) < 4.78 is 0. The van der Waals surface area contributed by atoms with Gasteiger partial charge in [0.15, 0.2) is 0 Å². The van der Waals surface area contributed by atoms with Crippen LogP contribution in [0, 0.1) is 6.92 Å². The summed E-state index contributed by atoms with van der Waals surface area (Å²) >= 11 is 6.00. The van der Waals surface area contributed by atoms with Gasteiger partial charge in [0.1, 0.15) is 0 Å². The standard InChI is InChI=1S/C17H18ClN/c1-12-4-3-5-13-10-11-19(2)17(16(12)13)14-6-8-15(18)9-7-14/h3-9,17H,10-11H2,1-2H3. The third kappa shape index (κ3) is 2.29. The Morgan fingerprint density at radius 2 is 1.84 bits per heavy atom. The molecule has 0 amide bonds. The SMILES string of the molecule is Cc1cccc2c1C(c1ccc(Cl)cc1)N(C)CC2. The smallest absolute Gasteiger partial charge is 0.0604 e. The van der Waals surface area contributed by atoms with Gasteiger partial charge in [-0.1, -0.05) is 41.9 Å². The number of likely N-dealkylation sites (N-methyl/N-ethyl adjacent to an activating group) is 1. The lowest BCUT2D eigenvalue weighted by Crippen LogP contribution is -2.33. The number of nitrogens with zero attached hydrogens (tertiary/aromatic N) is 1. The first-order valence-electron chi connectivity index (χ1n) is 6.71. The summed E-state index contributed by atoms with van der Waals surface area (Å²) in [5, 5.41) is 0.798. The molecule has 1 aliphatic rings. The summed E-state index contributed by atoms with van der Waals surface area (Å²) in [5.41, 5.74) is 5.66. The molecule has 0 N–H and O–H groups in total. The molecule has 2 heteroatoms. The van der Waals surface area contributed by atoms with Crippen LogP contribution in [0.3, 0.4) is 0 Å². The van der Waals surface area contributed by atoms with E-state index in [0.29, 0.717) is 6.04 Å². The zero-order valence-electron chi connectivity index (χ0n) is 11.4. The Morgan fingerprint density at radius 1 is 1.11 bits per heavy atom. The highest BCUT2D eigenvalue weighted by atomic mass is 35.5. The lowest BCUT2D eigenvalue weighted by molar-refractivity contribution is 0.264. The van der Waals surface area contributed by atoms with Crippen LogP contribution in [0.5, 0.6) is 0 Å². The van der Waals surface area contributed by atoms with E-state index in [2.05, 4.69) is 49.2 Å². The molecule has 98 valence electrons. The van der Waals surface area contributed by atoms with Crippen LogP contribution in [0.15, 0.2) is 42.5 Å². The number of hydrogen-bond donors (Lipinski definition) is 0. The molecular formula is C17H18ClN. The van der Waals surface area contributed by atoms with Crippen LogP contribution in [-0.4, -0.2) is 18.5 Å². The van der Waals surface area contributed by atoms with Gasteiger partial charge in [-0.05, 0) is 54.8 Å². The molecule has 1 unspecified atom stereocenters. The van der Waals surface area contributed by atoms with Crippen LogP contribution in [0.1, 0.15) is 28.3 Å². The summed E-state index contributed by atoms with van der Waals surface area (Å²) in [7, 11) is 2.20. The average Bonchev–Trinajstić information content (AvgIpc) is 2.41. The van der Waals surface area contributed by atoms with E-state index in [1.165, 1.54) is 22.3 Å². The third-order valence-electron chi connectivity index (χ3n) is 4.05. The Bertz CT molecular complexity index is 589. The predicted octanol–water partition coefficient (Wildman–Crippen LogP) is 4.23. The topological polar surface area (TPSA) is 3.24 Å². The average molecular weight is 272 g/mol. The molecule has 0 saturated heterocycles. The van der Waals surface area contributed by atoms with Gasteiger partial charge < -0.3 is 0 Å². The number of benzene rings is 2. The fourth-order valence-corrected chi connectivity index (χ4v) is 3.19. The Labute approximate surface area is 119 Å². The van der Waals surface area contributed by atoms with Crippen molar-refractivity contribution in [3.05, 3.63) is 69.7 Å². The van der Waals surface area contributed by atoms with Gasteiger partial charge in [0.2, 0.25) is 0 Å². The maximum atomic E-state index is 6.00. The fourth-order valence-electron chi connectivity index (χ4n) is 3.06. The van der Waals surface area contributed by atoms with E-state index in [1.54, 1.807) is 0 Å². The summed E-state index contributed by atoms with van der Waals surface area (Å²) in [4.78, 5) is 2.43. The summed E-state index contributed by atoms with van der Waals surface area (Å²) in [6.45, 7) is 3.31. The van der Waals surface area contributed by atoms with Gasteiger partial charge in [0.25, 0.3) is 0 Å². The Hall–Kier alpha value is -1.31. The van der Waals surface area contributed by atoms with Crippen LogP contribution < -0.4 is 0 Å². The highest BCUT2D eigenvalue weighted by molar-refractivity contribution is 6.30. The zero-order valence-corrected chi connectivity index (χ0v) is 12.1. The van der Waals surface area contributed by atoms with E-state index in [4.69, 9.17) is 11.6 Å². The van der Waals surface area contributed by atoms with Crippen molar-refractivity contribution >= 4 is 11.6 Å². The first-order chi connectivity index (χ1) is 9.16. The summed E-state index contributed by atoms with van der Waals surface area (Å²) in [6.07, 6.45) is 1.14. The lowest BCUT2D eigenvalue weighted by atomic mass is 9.86. The van der Waals surface area contributed by atoms with Gasteiger partial charge in [-0.3, -0.25) is 4.90 Å². The molecule has 0 bridgehead atoms. The first kappa shape index (κ1) is 12.7. The molecule has 2 aromatic rings. The molecule has 0 saturated carbocycles. The van der Waals surface area contributed by atoms with Crippen LogP contribution in [0.2, 0.25) is 5.02 Å². The number of halogens is 1. The number of hydrogen-bond acceptors (Lipinski definition) is 1. The van der Waals surface area contributed by atoms with Gasteiger partial charge in [0, 0.05) is 11.6 Å². The Morgan fingerprint density at radius 3 is 2.58 bits per heavy atom. The predicted molar refractivity (Wildman–Crippen MR) is 80.8 cm³/mol. The van der Waals surface area contributed by atoms with E-state index < -0.39 is 0 Å². The van der Waals surface area contributed by atoms with E-state index in [1.807, 2.05) is 12.1 Å². The van der Waals surface area contributed by atoms with Gasteiger partial charge in [-0.15, -0.1) is 0 Å². The summed E-state index contributed by atoms with van der Waals surface area (Å²) in [5.74, 6) is 0. The largest absolute Gasteiger partial charge is 0.295 e. The fraction of sp³-hybridized carbons (Fsp3) is 0.294. The summed E-state index contributed by atoms with van der Waals surface area (Å²) in [6, 6.07) is 15.2. The zero-order chi connectivity index (χ0) is 13.4. The maximum Gasteiger partial charge on any atom is 0.0604 e. The molecule has 1 aliphatic heterocycles. The highest BCUT2D eigenvalue weighted by Gasteiger charge is 2.27. The van der Waals surface area contributed by atoms with Crippen LogP contribution in [0.4, 0.5) is 0 Å².